The molecule has 0 spiro atoms. The van der Waals surface area contributed by atoms with Gasteiger partial charge in [0.15, 0.2) is 0 Å². The molecule has 3 heteroatoms. The van der Waals surface area contributed by atoms with Crippen molar-refractivity contribution in [2.24, 2.45) is 0 Å². The van der Waals surface area contributed by atoms with E-state index in [0.717, 1.165) is 38.3 Å². The van der Waals surface area contributed by atoms with Crippen molar-refractivity contribution in [1.82, 2.24) is 10.2 Å². The Morgan fingerprint density at radius 2 is 1.95 bits per heavy atom. The molecule has 0 saturated carbocycles. The lowest BCUT2D eigenvalue weighted by Crippen LogP contribution is -2.24. The third kappa shape index (κ3) is 6.49. The van der Waals surface area contributed by atoms with Crippen molar-refractivity contribution in [1.29, 1.82) is 0 Å². The Morgan fingerprint density at radius 1 is 1.14 bits per heavy atom. The molecule has 0 bridgehead atoms. The summed E-state index contributed by atoms with van der Waals surface area (Å²) in [6.45, 7) is 11.9. The fourth-order valence-corrected chi connectivity index (χ4v) is 2.42. The maximum atomic E-state index is 5.55. The van der Waals surface area contributed by atoms with Crippen LogP contribution < -0.4 is 10.1 Å². The first-order valence-corrected chi connectivity index (χ1v) is 8.33. The Balaban J connectivity index is 2.67. The van der Waals surface area contributed by atoms with Crippen LogP contribution in [0.5, 0.6) is 5.75 Å². The molecule has 1 aromatic carbocycles. The lowest BCUT2D eigenvalue weighted by Gasteiger charge is -2.21. The van der Waals surface area contributed by atoms with Gasteiger partial charge in [0.05, 0.1) is 7.11 Å². The highest BCUT2D eigenvalue weighted by Crippen LogP contribution is 2.21. The molecule has 0 radical (unpaired) electrons. The van der Waals surface area contributed by atoms with E-state index in [1.807, 2.05) is 0 Å². The Hall–Kier alpha value is -1.06. The van der Waals surface area contributed by atoms with Crippen molar-refractivity contribution >= 4 is 0 Å². The van der Waals surface area contributed by atoms with E-state index >= 15 is 0 Å². The zero-order valence-corrected chi connectivity index (χ0v) is 14.2. The minimum Gasteiger partial charge on any atom is -0.496 e. The smallest absolute Gasteiger partial charge is 0.123 e. The molecule has 0 aliphatic rings. The van der Waals surface area contributed by atoms with Crippen molar-refractivity contribution in [3.05, 3.63) is 29.3 Å². The first kappa shape index (κ1) is 18.0. The number of rotatable bonds is 11. The molecule has 0 amide bonds. The second-order valence-electron chi connectivity index (χ2n) is 5.55. The van der Waals surface area contributed by atoms with Gasteiger partial charge in [-0.25, -0.2) is 0 Å². The minimum atomic E-state index is 0.880. The van der Waals surface area contributed by atoms with Crippen LogP contribution in [0.1, 0.15) is 51.2 Å². The van der Waals surface area contributed by atoms with Crippen LogP contribution in [0.2, 0.25) is 0 Å². The van der Waals surface area contributed by atoms with Crippen LogP contribution >= 0.6 is 0 Å². The number of benzene rings is 1. The quantitative estimate of drug-likeness (QED) is 0.628. The average molecular weight is 292 g/mol. The van der Waals surface area contributed by atoms with Crippen LogP contribution in [-0.4, -0.2) is 31.6 Å². The molecule has 120 valence electrons. The Labute approximate surface area is 130 Å². The maximum absolute atomic E-state index is 5.55. The fraction of sp³-hybridized carbons (Fsp3) is 0.667. The number of hydrogen-bond acceptors (Lipinski definition) is 3. The Kier molecular flexibility index (Phi) is 9.11. The van der Waals surface area contributed by atoms with Crippen LogP contribution in [0.4, 0.5) is 0 Å². The molecule has 3 nitrogen and oxygen atoms in total. The highest BCUT2D eigenvalue weighted by molar-refractivity contribution is 5.37. The number of nitrogens with one attached hydrogen (secondary N) is 1. The number of methoxy groups -OCH3 is 1. The van der Waals surface area contributed by atoms with Gasteiger partial charge in [-0.3, -0.25) is 4.90 Å². The van der Waals surface area contributed by atoms with Gasteiger partial charge in [-0.05, 0) is 44.1 Å². The lowest BCUT2D eigenvalue weighted by molar-refractivity contribution is 0.275. The van der Waals surface area contributed by atoms with E-state index < -0.39 is 0 Å². The molecule has 1 aromatic rings. The van der Waals surface area contributed by atoms with Gasteiger partial charge >= 0.3 is 0 Å². The molecule has 0 unspecified atom stereocenters. The van der Waals surface area contributed by atoms with Gasteiger partial charge in [-0.2, -0.15) is 0 Å². The summed E-state index contributed by atoms with van der Waals surface area (Å²) in [5, 5.41) is 3.43. The maximum Gasteiger partial charge on any atom is 0.123 e. The van der Waals surface area contributed by atoms with Crippen LogP contribution in [0, 0.1) is 0 Å². The highest BCUT2D eigenvalue weighted by atomic mass is 16.5. The van der Waals surface area contributed by atoms with Crippen molar-refractivity contribution < 1.29 is 4.74 Å². The molecule has 0 fully saturated rings. The number of ether oxygens (including phenoxy) is 1. The van der Waals surface area contributed by atoms with Gasteiger partial charge in [0.25, 0.3) is 0 Å². The van der Waals surface area contributed by atoms with Gasteiger partial charge < -0.3 is 10.1 Å². The number of hydrogen-bond donors (Lipinski definition) is 1. The predicted molar refractivity (Wildman–Crippen MR) is 90.9 cm³/mol. The number of unbranched alkanes of at least 4 members (excludes halogenated alkanes) is 1. The minimum absolute atomic E-state index is 0.880. The zero-order valence-electron chi connectivity index (χ0n) is 14.2. The second kappa shape index (κ2) is 10.6. The van der Waals surface area contributed by atoms with E-state index in [1.165, 1.54) is 30.5 Å². The molecule has 0 aromatic heterocycles. The lowest BCUT2D eigenvalue weighted by atomic mass is 10.1. The normalized spacial score (nSPS) is 11.1. The first-order valence-electron chi connectivity index (χ1n) is 8.33. The van der Waals surface area contributed by atoms with Crippen molar-refractivity contribution in [2.45, 2.75) is 53.1 Å². The summed E-state index contributed by atoms with van der Waals surface area (Å²) in [5.41, 5.74) is 2.58. The largest absolute Gasteiger partial charge is 0.496 e. The predicted octanol–water partition coefficient (Wildman–Crippen LogP) is 3.82. The van der Waals surface area contributed by atoms with Crippen LogP contribution in [0.25, 0.3) is 0 Å². The molecule has 0 heterocycles. The van der Waals surface area contributed by atoms with E-state index in [9.17, 15) is 0 Å². The second-order valence-corrected chi connectivity index (χ2v) is 5.55. The SMILES string of the molecule is CCCCN(CC)Cc1ccc(CNCCC)c(OC)c1. The third-order valence-corrected chi connectivity index (χ3v) is 3.78. The van der Waals surface area contributed by atoms with E-state index in [2.05, 4.69) is 49.2 Å². The van der Waals surface area contributed by atoms with Crippen LogP contribution in [-0.2, 0) is 13.1 Å². The van der Waals surface area contributed by atoms with E-state index in [0.29, 0.717) is 0 Å². The number of nitrogens with zero attached hydrogens (tertiary/aromatic N) is 1. The Bertz CT molecular complexity index is 393. The summed E-state index contributed by atoms with van der Waals surface area (Å²) in [6.07, 6.45) is 3.68. The average Bonchev–Trinajstić information content (AvgIpc) is 2.52. The molecule has 0 aliphatic carbocycles. The molecule has 1 N–H and O–H groups in total. The molecule has 0 atom stereocenters. The molecule has 0 saturated heterocycles. The highest BCUT2D eigenvalue weighted by Gasteiger charge is 2.07. The van der Waals surface area contributed by atoms with Gasteiger partial charge in [0.2, 0.25) is 0 Å². The summed E-state index contributed by atoms with van der Waals surface area (Å²) in [7, 11) is 1.76. The fourth-order valence-electron chi connectivity index (χ4n) is 2.42. The van der Waals surface area contributed by atoms with E-state index in [-0.39, 0.29) is 0 Å². The zero-order chi connectivity index (χ0) is 15.5. The van der Waals surface area contributed by atoms with Crippen LogP contribution in [0.15, 0.2) is 18.2 Å². The van der Waals surface area contributed by atoms with Gasteiger partial charge in [0.1, 0.15) is 5.75 Å². The first-order chi connectivity index (χ1) is 10.2. The van der Waals surface area contributed by atoms with Crippen molar-refractivity contribution in [3.8, 4) is 5.75 Å². The molecular formula is C18H32N2O. The van der Waals surface area contributed by atoms with E-state index in [4.69, 9.17) is 4.74 Å². The summed E-state index contributed by atoms with van der Waals surface area (Å²) in [4.78, 5) is 2.49. The molecule has 0 aliphatic heterocycles. The summed E-state index contributed by atoms with van der Waals surface area (Å²) in [5.74, 6) is 1.00. The summed E-state index contributed by atoms with van der Waals surface area (Å²) >= 11 is 0. The molecule has 21 heavy (non-hydrogen) atoms. The summed E-state index contributed by atoms with van der Waals surface area (Å²) < 4.78 is 5.55. The standard InChI is InChI=1S/C18H32N2O/c1-5-8-12-20(7-3)15-16-9-10-17(14-19-11-6-2)18(13-16)21-4/h9-10,13,19H,5-8,11-12,14-15H2,1-4H3. The van der Waals surface area contributed by atoms with Gasteiger partial charge in [-0.1, -0.05) is 39.3 Å². The van der Waals surface area contributed by atoms with Crippen LogP contribution in [0.3, 0.4) is 0 Å². The van der Waals surface area contributed by atoms with E-state index in [1.54, 1.807) is 7.11 Å². The van der Waals surface area contributed by atoms with Crippen molar-refractivity contribution in [2.75, 3.05) is 26.7 Å². The Morgan fingerprint density at radius 3 is 2.57 bits per heavy atom. The monoisotopic (exact) mass is 292 g/mol. The molecule has 1 rings (SSSR count). The third-order valence-electron chi connectivity index (χ3n) is 3.78. The van der Waals surface area contributed by atoms with Gasteiger partial charge in [0, 0.05) is 18.7 Å². The summed E-state index contributed by atoms with van der Waals surface area (Å²) in [6, 6.07) is 6.63. The topological polar surface area (TPSA) is 24.5 Å². The van der Waals surface area contributed by atoms with Crippen molar-refractivity contribution in [3.63, 3.8) is 0 Å². The van der Waals surface area contributed by atoms with Gasteiger partial charge in [-0.15, -0.1) is 0 Å². The molecular weight excluding hydrogens is 260 g/mol.